The highest BCUT2D eigenvalue weighted by Gasteiger charge is 2.21. The largest absolute Gasteiger partial charge is 0.494 e. The van der Waals surface area contributed by atoms with Crippen LogP contribution < -0.4 is 10.1 Å². The monoisotopic (exact) mass is 279 g/mol. The van der Waals surface area contributed by atoms with E-state index in [0.717, 1.165) is 6.54 Å². The molecule has 3 rings (SSSR count). The molecule has 1 aliphatic heterocycles. The lowest BCUT2D eigenvalue weighted by Gasteiger charge is -2.20. The molecule has 0 radical (unpaired) electrons. The van der Waals surface area contributed by atoms with Crippen molar-refractivity contribution in [1.29, 1.82) is 0 Å². The van der Waals surface area contributed by atoms with Gasteiger partial charge in [0.2, 0.25) is 0 Å². The van der Waals surface area contributed by atoms with Crippen LogP contribution in [0.4, 0.5) is 4.39 Å². The third-order valence-electron chi connectivity index (χ3n) is 3.07. The number of methoxy groups -OCH3 is 1. The maximum absolute atomic E-state index is 13.4. The number of ether oxygens (including phenoxy) is 2. The average molecular weight is 279 g/mol. The van der Waals surface area contributed by atoms with E-state index < -0.39 is 5.82 Å². The van der Waals surface area contributed by atoms with Crippen LogP contribution in [0.25, 0.3) is 11.5 Å². The van der Waals surface area contributed by atoms with Crippen molar-refractivity contribution in [2.24, 2.45) is 0 Å². The molecule has 1 aliphatic rings. The summed E-state index contributed by atoms with van der Waals surface area (Å²) in [5.41, 5.74) is 0.610. The molecule has 1 N–H and O–H groups in total. The zero-order valence-electron chi connectivity index (χ0n) is 10.9. The van der Waals surface area contributed by atoms with Crippen LogP contribution in [0.5, 0.6) is 5.75 Å². The molecule has 1 aromatic heterocycles. The number of halogens is 1. The van der Waals surface area contributed by atoms with Crippen molar-refractivity contribution in [1.82, 2.24) is 15.5 Å². The Morgan fingerprint density at radius 1 is 1.45 bits per heavy atom. The topological polar surface area (TPSA) is 69.4 Å². The first-order valence-electron chi connectivity index (χ1n) is 6.26. The summed E-state index contributed by atoms with van der Waals surface area (Å²) in [5.74, 6) is 0.563. The minimum atomic E-state index is -0.432. The van der Waals surface area contributed by atoms with Crippen molar-refractivity contribution >= 4 is 0 Å². The predicted molar refractivity (Wildman–Crippen MR) is 67.8 cm³/mol. The Balaban J connectivity index is 1.85. The first-order chi connectivity index (χ1) is 9.78. The van der Waals surface area contributed by atoms with Gasteiger partial charge in [-0.2, -0.15) is 4.98 Å². The average Bonchev–Trinajstić information content (AvgIpc) is 2.98. The molecule has 2 heterocycles. The number of hydrogen-bond donors (Lipinski definition) is 1. The Kier molecular flexibility index (Phi) is 3.62. The molecule has 1 unspecified atom stereocenters. The number of benzene rings is 1. The highest BCUT2D eigenvalue weighted by atomic mass is 19.1. The minimum Gasteiger partial charge on any atom is -0.494 e. The second-order valence-corrected chi connectivity index (χ2v) is 4.39. The van der Waals surface area contributed by atoms with Crippen molar-refractivity contribution in [3.8, 4) is 17.2 Å². The molecule has 20 heavy (non-hydrogen) atoms. The van der Waals surface area contributed by atoms with Gasteiger partial charge in [-0.15, -0.1) is 0 Å². The molecule has 1 saturated heterocycles. The van der Waals surface area contributed by atoms with E-state index in [9.17, 15) is 4.39 Å². The lowest BCUT2D eigenvalue weighted by atomic mass is 10.2. The number of nitrogens with one attached hydrogen (secondary N) is 1. The van der Waals surface area contributed by atoms with Gasteiger partial charge in [0, 0.05) is 12.1 Å². The van der Waals surface area contributed by atoms with Gasteiger partial charge in [-0.05, 0) is 18.2 Å². The summed E-state index contributed by atoms with van der Waals surface area (Å²) >= 11 is 0. The molecule has 0 aliphatic carbocycles. The first kappa shape index (κ1) is 13.0. The summed E-state index contributed by atoms with van der Waals surface area (Å²) < 4.78 is 28.9. The van der Waals surface area contributed by atoms with Crippen molar-refractivity contribution < 1.29 is 18.4 Å². The van der Waals surface area contributed by atoms with Gasteiger partial charge in [0.25, 0.3) is 5.89 Å². The number of morpholine rings is 1. The van der Waals surface area contributed by atoms with Crippen LogP contribution in [0, 0.1) is 5.82 Å². The lowest BCUT2D eigenvalue weighted by Crippen LogP contribution is -2.35. The van der Waals surface area contributed by atoms with Crippen LogP contribution in [-0.4, -0.2) is 37.0 Å². The highest BCUT2D eigenvalue weighted by molar-refractivity contribution is 5.56. The van der Waals surface area contributed by atoms with Crippen LogP contribution in [0.3, 0.4) is 0 Å². The second-order valence-electron chi connectivity index (χ2n) is 4.39. The number of rotatable bonds is 3. The van der Waals surface area contributed by atoms with E-state index >= 15 is 0 Å². The summed E-state index contributed by atoms with van der Waals surface area (Å²) in [4.78, 5) is 4.31. The predicted octanol–water partition coefficient (Wildman–Crippen LogP) is 1.55. The van der Waals surface area contributed by atoms with Gasteiger partial charge in [0.15, 0.2) is 17.4 Å². The summed E-state index contributed by atoms with van der Waals surface area (Å²) in [6, 6.07) is 4.32. The molecule has 7 heteroatoms. The molecule has 0 spiro atoms. The van der Waals surface area contributed by atoms with Crippen LogP contribution in [-0.2, 0) is 4.74 Å². The third kappa shape index (κ3) is 2.50. The SMILES string of the molecule is COc1cc(-c2nc(C3COCCN3)no2)ccc1F. The second kappa shape index (κ2) is 5.56. The van der Waals surface area contributed by atoms with E-state index in [0.29, 0.717) is 30.5 Å². The summed E-state index contributed by atoms with van der Waals surface area (Å²) in [6.45, 7) is 1.93. The Bertz CT molecular complexity index is 596. The van der Waals surface area contributed by atoms with Gasteiger partial charge in [0.05, 0.1) is 26.4 Å². The maximum Gasteiger partial charge on any atom is 0.258 e. The molecular weight excluding hydrogens is 265 g/mol. The summed E-state index contributed by atoms with van der Waals surface area (Å²) in [6.07, 6.45) is 0. The van der Waals surface area contributed by atoms with E-state index in [2.05, 4.69) is 15.5 Å². The zero-order valence-corrected chi connectivity index (χ0v) is 10.9. The summed E-state index contributed by atoms with van der Waals surface area (Å²) in [5, 5.41) is 7.17. The van der Waals surface area contributed by atoms with Crippen LogP contribution in [0.1, 0.15) is 11.9 Å². The molecule has 1 aromatic carbocycles. The molecule has 1 fully saturated rings. The molecule has 1 atom stereocenters. The van der Waals surface area contributed by atoms with Gasteiger partial charge >= 0.3 is 0 Å². The Morgan fingerprint density at radius 3 is 3.10 bits per heavy atom. The van der Waals surface area contributed by atoms with Crippen LogP contribution in [0.2, 0.25) is 0 Å². The smallest absolute Gasteiger partial charge is 0.258 e. The fraction of sp³-hybridized carbons (Fsp3) is 0.385. The molecule has 0 amide bonds. The van der Waals surface area contributed by atoms with E-state index in [1.165, 1.54) is 19.2 Å². The van der Waals surface area contributed by atoms with Gasteiger partial charge in [-0.1, -0.05) is 5.16 Å². The third-order valence-corrected chi connectivity index (χ3v) is 3.07. The fourth-order valence-corrected chi connectivity index (χ4v) is 2.02. The minimum absolute atomic E-state index is 0.0800. The van der Waals surface area contributed by atoms with Crippen molar-refractivity contribution in [2.75, 3.05) is 26.9 Å². The molecule has 2 aromatic rings. The van der Waals surface area contributed by atoms with Gasteiger partial charge < -0.3 is 19.3 Å². The van der Waals surface area contributed by atoms with E-state index in [-0.39, 0.29) is 11.8 Å². The molecule has 6 nitrogen and oxygen atoms in total. The lowest BCUT2D eigenvalue weighted by molar-refractivity contribution is 0.0734. The molecular formula is C13H14FN3O3. The van der Waals surface area contributed by atoms with Crippen molar-refractivity contribution in [3.63, 3.8) is 0 Å². The summed E-state index contributed by atoms with van der Waals surface area (Å²) in [7, 11) is 1.41. The van der Waals surface area contributed by atoms with E-state index in [1.807, 2.05) is 0 Å². The highest BCUT2D eigenvalue weighted by Crippen LogP contribution is 2.26. The Morgan fingerprint density at radius 2 is 2.35 bits per heavy atom. The first-order valence-corrected chi connectivity index (χ1v) is 6.26. The molecule has 0 bridgehead atoms. The van der Waals surface area contributed by atoms with E-state index in [4.69, 9.17) is 14.0 Å². The fourth-order valence-electron chi connectivity index (χ4n) is 2.02. The number of hydrogen-bond acceptors (Lipinski definition) is 6. The van der Waals surface area contributed by atoms with Gasteiger partial charge in [0.1, 0.15) is 0 Å². The standard InChI is InChI=1S/C13H14FN3O3/c1-18-11-6-8(2-3-9(11)14)13-16-12(17-20-13)10-7-19-5-4-15-10/h2-3,6,10,15H,4-5,7H2,1H3. The number of aromatic nitrogens is 2. The Hall–Kier alpha value is -1.99. The van der Waals surface area contributed by atoms with Crippen LogP contribution >= 0.6 is 0 Å². The Labute approximate surface area is 114 Å². The quantitative estimate of drug-likeness (QED) is 0.919. The zero-order chi connectivity index (χ0) is 13.9. The van der Waals surface area contributed by atoms with Gasteiger partial charge in [-0.3, -0.25) is 0 Å². The van der Waals surface area contributed by atoms with Crippen molar-refractivity contribution in [3.05, 3.63) is 29.8 Å². The molecule has 0 saturated carbocycles. The van der Waals surface area contributed by atoms with Crippen LogP contribution in [0.15, 0.2) is 22.7 Å². The van der Waals surface area contributed by atoms with Gasteiger partial charge in [-0.25, -0.2) is 4.39 Å². The normalized spacial score (nSPS) is 19.0. The maximum atomic E-state index is 13.4. The van der Waals surface area contributed by atoms with Crippen molar-refractivity contribution in [2.45, 2.75) is 6.04 Å². The van der Waals surface area contributed by atoms with E-state index in [1.54, 1.807) is 6.07 Å². The molecule has 106 valence electrons. The number of nitrogens with zero attached hydrogens (tertiary/aromatic N) is 2.